The molecule has 2 aliphatic heterocycles. The second-order valence-electron chi connectivity index (χ2n) is 7.90. The largest absolute Gasteiger partial charge is 0.507 e. The molecule has 1 aliphatic carbocycles. The highest BCUT2D eigenvalue weighted by Crippen LogP contribution is 2.44. The van der Waals surface area contributed by atoms with Crippen LogP contribution in [-0.4, -0.2) is 63.0 Å². The number of fused-ring (bicyclic) bond motifs is 2. The van der Waals surface area contributed by atoms with Gasteiger partial charge in [0, 0.05) is 16.7 Å². The van der Waals surface area contributed by atoms with Crippen molar-refractivity contribution in [1.82, 2.24) is 0 Å². The van der Waals surface area contributed by atoms with E-state index in [1.165, 1.54) is 0 Å². The number of ether oxygens (including phenoxy) is 2. The highest BCUT2D eigenvalue weighted by molar-refractivity contribution is 6.26. The molecule has 1 aromatic rings. The molecule has 2 unspecified atom stereocenters. The highest BCUT2D eigenvalue weighted by atomic mass is 16.5. The van der Waals surface area contributed by atoms with Crippen LogP contribution in [-0.2, 0) is 9.47 Å². The Kier molecular flexibility index (Phi) is 5.27. The Morgan fingerprint density at radius 3 is 2.57 bits per heavy atom. The van der Waals surface area contributed by atoms with E-state index in [0.717, 1.165) is 12.5 Å². The zero-order chi connectivity index (χ0) is 21.7. The van der Waals surface area contributed by atoms with Crippen LogP contribution in [0, 0.1) is 0 Å². The van der Waals surface area contributed by atoms with Crippen LogP contribution in [0.4, 0.5) is 0 Å². The third kappa shape index (κ3) is 3.16. The van der Waals surface area contributed by atoms with Gasteiger partial charge in [0.05, 0.1) is 17.9 Å². The number of hydrogen-bond acceptors (Lipinski definition) is 8. The molecular weight excluding hydrogens is 392 g/mol. The average Bonchev–Trinajstić information content (AvgIpc) is 2.69. The number of Topliss-reactive ketones (excluding diaryl/α,β-unsaturated/α-hetero) is 1. The summed E-state index contributed by atoms with van der Waals surface area (Å²) in [5.41, 5.74) is 0.803. The van der Waals surface area contributed by atoms with Gasteiger partial charge in [-0.15, -0.1) is 0 Å². The lowest BCUT2D eigenvalue weighted by Crippen LogP contribution is -2.54. The first-order valence-electron chi connectivity index (χ1n) is 9.95. The number of phenols is 1. The number of allylic oxidation sites excluding steroid dienone is 2. The van der Waals surface area contributed by atoms with Gasteiger partial charge in [0.25, 0.3) is 0 Å². The van der Waals surface area contributed by atoms with Crippen molar-refractivity contribution in [2.24, 2.45) is 0 Å². The van der Waals surface area contributed by atoms with Gasteiger partial charge in [-0.3, -0.25) is 9.59 Å². The number of carbonyl (C=O) groups excluding carboxylic acids is 2. The van der Waals surface area contributed by atoms with Crippen molar-refractivity contribution in [3.05, 3.63) is 45.7 Å². The van der Waals surface area contributed by atoms with Crippen LogP contribution < -0.4 is 0 Å². The molecule has 2 heterocycles. The molecule has 4 rings (SSSR count). The van der Waals surface area contributed by atoms with Gasteiger partial charge in [0.1, 0.15) is 36.3 Å². The molecule has 160 valence electrons. The summed E-state index contributed by atoms with van der Waals surface area (Å²) >= 11 is 0. The fraction of sp³-hybridized carbons (Fsp3) is 0.455. The normalized spacial score (nSPS) is 30.8. The standard InChI is InChI=1S/C22H24O8/c1-3-4-15-16-10(5-9(2)30-15)6-11-13(23)7-12(18(25)17(11)20(16)27)22-21(28)19(26)14(24)8-29-22/h5-7,14-15,19,21-22,24,26-28H,3-4,8H2,1-2H3/t14-,15?,19-,21-,22?/m1/s1. The zero-order valence-electron chi connectivity index (χ0n) is 16.7. The number of carbonyl (C=O) groups is 2. The molecule has 0 aromatic heterocycles. The fourth-order valence-corrected chi connectivity index (χ4v) is 4.31. The SMILES string of the molecule is CCCC1OC(C)=Cc2cc3c(c(O)c21)C(=O)C(C1OC[C@@H](O)[C@@H](O)[C@H]1O)=CC3=O. The smallest absolute Gasteiger partial charge is 0.196 e. The number of phenolic OH excluding ortho intramolecular Hbond substituents is 1. The van der Waals surface area contributed by atoms with Gasteiger partial charge in [-0.2, -0.15) is 0 Å². The first-order valence-corrected chi connectivity index (χ1v) is 9.95. The van der Waals surface area contributed by atoms with Crippen LogP contribution in [0.3, 0.4) is 0 Å². The van der Waals surface area contributed by atoms with E-state index in [2.05, 4.69) is 0 Å². The van der Waals surface area contributed by atoms with E-state index in [0.29, 0.717) is 23.3 Å². The Balaban J connectivity index is 1.81. The minimum atomic E-state index is -1.60. The lowest BCUT2D eigenvalue weighted by molar-refractivity contribution is -0.175. The van der Waals surface area contributed by atoms with Crippen molar-refractivity contribution < 1.29 is 39.5 Å². The van der Waals surface area contributed by atoms with Crippen LogP contribution in [0.2, 0.25) is 0 Å². The van der Waals surface area contributed by atoms with E-state index in [4.69, 9.17) is 9.47 Å². The summed E-state index contributed by atoms with van der Waals surface area (Å²) in [6.07, 6.45) is -2.00. The van der Waals surface area contributed by atoms with E-state index in [1.54, 1.807) is 19.1 Å². The number of ketones is 2. The number of rotatable bonds is 3. The number of hydrogen-bond donors (Lipinski definition) is 4. The first-order chi connectivity index (χ1) is 14.2. The molecule has 3 aliphatic rings. The van der Waals surface area contributed by atoms with Gasteiger partial charge in [0.2, 0.25) is 0 Å². The van der Waals surface area contributed by atoms with E-state index in [-0.39, 0.29) is 29.1 Å². The maximum atomic E-state index is 13.3. The van der Waals surface area contributed by atoms with Gasteiger partial charge in [-0.25, -0.2) is 0 Å². The van der Waals surface area contributed by atoms with Gasteiger partial charge in [-0.1, -0.05) is 13.3 Å². The van der Waals surface area contributed by atoms with Crippen molar-refractivity contribution in [2.75, 3.05) is 6.61 Å². The predicted octanol–water partition coefficient (Wildman–Crippen LogP) is 1.41. The summed E-state index contributed by atoms with van der Waals surface area (Å²) in [6, 6.07) is 1.57. The Bertz CT molecular complexity index is 976. The summed E-state index contributed by atoms with van der Waals surface area (Å²) in [7, 11) is 0. The molecule has 0 amide bonds. The Morgan fingerprint density at radius 1 is 1.13 bits per heavy atom. The van der Waals surface area contributed by atoms with Crippen molar-refractivity contribution in [3.63, 3.8) is 0 Å². The quantitative estimate of drug-likeness (QED) is 0.581. The number of aliphatic hydroxyl groups is 3. The maximum absolute atomic E-state index is 13.3. The number of aliphatic hydroxyl groups excluding tert-OH is 3. The Labute approximate surface area is 173 Å². The second-order valence-corrected chi connectivity index (χ2v) is 7.90. The summed E-state index contributed by atoms with van der Waals surface area (Å²) < 4.78 is 11.2. The minimum Gasteiger partial charge on any atom is -0.507 e. The van der Waals surface area contributed by atoms with Crippen LogP contribution in [0.15, 0.2) is 23.5 Å². The molecule has 0 spiro atoms. The van der Waals surface area contributed by atoms with Gasteiger partial charge in [-0.05, 0) is 37.1 Å². The van der Waals surface area contributed by atoms with Crippen molar-refractivity contribution in [3.8, 4) is 5.75 Å². The van der Waals surface area contributed by atoms with Gasteiger partial charge < -0.3 is 29.9 Å². The van der Waals surface area contributed by atoms with Crippen LogP contribution >= 0.6 is 0 Å². The molecule has 0 radical (unpaired) electrons. The van der Waals surface area contributed by atoms with Crippen LogP contribution in [0.25, 0.3) is 6.08 Å². The minimum absolute atomic E-state index is 0.0621. The fourth-order valence-electron chi connectivity index (χ4n) is 4.31. The molecule has 8 nitrogen and oxygen atoms in total. The first kappa shape index (κ1) is 20.7. The zero-order valence-corrected chi connectivity index (χ0v) is 16.7. The molecule has 0 bridgehead atoms. The van der Waals surface area contributed by atoms with Crippen LogP contribution in [0.1, 0.15) is 64.6 Å². The lowest BCUT2D eigenvalue weighted by Gasteiger charge is -2.37. The summed E-state index contributed by atoms with van der Waals surface area (Å²) in [5, 5.41) is 40.9. The number of aromatic hydroxyl groups is 1. The maximum Gasteiger partial charge on any atom is 0.196 e. The molecule has 1 saturated heterocycles. The third-order valence-corrected chi connectivity index (χ3v) is 5.78. The molecule has 1 aromatic carbocycles. The van der Waals surface area contributed by atoms with Gasteiger partial charge in [0.15, 0.2) is 11.6 Å². The number of benzene rings is 1. The summed E-state index contributed by atoms with van der Waals surface area (Å²) in [5.74, 6) is -0.852. The van der Waals surface area contributed by atoms with Crippen LogP contribution in [0.5, 0.6) is 5.75 Å². The van der Waals surface area contributed by atoms with Gasteiger partial charge >= 0.3 is 0 Å². The molecule has 4 N–H and O–H groups in total. The molecule has 30 heavy (non-hydrogen) atoms. The monoisotopic (exact) mass is 416 g/mol. The average molecular weight is 416 g/mol. The third-order valence-electron chi connectivity index (χ3n) is 5.78. The predicted molar refractivity (Wildman–Crippen MR) is 105 cm³/mol. The van der Waals surface area contributed by atoms with Crippen molar-refractivity contribution >= 4 is 17.6 Å². The lowest BCUT2D eigenvalue weighted by atomic mass is 9.80. The van der Waals surface area contributed by atoms with E-state index < -0.39 is 42.1 Å². The van der Waals surface area contributed by atoms with E-state index in [1.807, 2.05) is 6.92 Å². The molecule has 8 heteroatoms. The Hall–Kier alpha value is -2.52. The second kappa shape index (κ2) is 7.63. The summed E-state index contributed by atoms with van der Waals surface area (Å²) in [4.78, 5) is 26.1. The topological polar surface area (TPSA) is 134 Å². The summed E-state index contributed by atoms with van der Waals surface area (Å²) in [6.45, 7) is 3.46. The molecule has 0 saturated carbocycles. The van der Waals surface area contributed by atoms with E-state index >= 15 is 0 Å². The molecule has 1 fully saturated rings. The highest BCUT2D eigenvalue weighted by Gasteiger charge is 2.44. The molecule has 5 atom stereocenters. The van der Waals surface area contributed by atoms with Crippen molar-refractivity contribution in [2.45, 2.75) is 57.2 Å². The Morgan fingerprint density at radius 2 is 1.87 bits per heavy atom. The molecular formula is C22H24O8. The van der Waals surface area contributed by atoms with E-state index in [9.17, 15) is 30.0 Å². The van der Waals surface area contributed by atoms with Crippen molar-refractivity contribution in [1.29, 1.82) is 0 Å².